The average molecular weight is 1140 g/mol. The Bertz CT molecular complexity index is 1670. The number of hydrogen-bond donors (Lipinski definition) is 0. The average Bonchev–Trinajstić information content (AvgIpc) is 3.60. The van der Waals surface area contributed by atoms with Gasteiger partial charge in [-0.05, 0) is 0 Å². The van der Waals surface area contributed by atoms with Crippen LogP contribution in [0.25, 0.3) is 0 Å². The third kappa shape index (κ3) is 27.6. The zero-order valence-corrected chi connectivity index (χ0v) is 55.5. The molecule has 0 aliphatic rings. The molecular weight excluding hydrogens is 1010 g/mol. The van der Waals surface area contributed by atoms with E-state index in [2.05, 4.69) is 55.4 Å². The van der Waals surface area contributed by atoms with Crippen LogP contribution in [0.4, 0.5) is 0 Å². The van der Waals surface area contributed by atoms with Crippen LogP contribution >= 0.6 is 13.7 Å². The molecule has 2 rings (SSSR count). The first-order valence-corrected chi connectivity index (χ1v) is 41.0. The first kappa shape index (κ1) is 72.5. The minimum Gasteiger partial charge on any atom is -0.0654 e. The summed E-state index contributed by atoms with van der Waals surface area (Å²) in [5.74, 6) is -0.635. The monoisotopic (exact) mass is 1140 g/mol. The van der Waals surface area contributed by atoms with Crippen LogP contribution in [0.5, 0.6) is 0 Å². The Morgan fingerprint density at radius 2 is 0.487 bits per heavy atom. The fourth-order valence-corrected chi connectivity index (χ4v) is 27.4. The maximum atomic E-state index is 15.4. The van der Waals surface area contributed by atoms with Gasteiger partial charge in [0.1, 0.15) is 0 Å². The topological polar surface area (TPSA) is 69.7 Å². The van der Waals surface area contributed by atoms with Crippen LogP contribution in [0.2, 0.25) is 0 Å². The number of carbonyl (C=O) groups is 2. The van der Waals surface area contributed by atoms with Crippen molar-refractivity contribution in [2.24, 2.45) is 0 Å². The summed E-state index contributed by atoms with van der Waals surface area (Å²) in [4.78, 5) is 31.4. The molecule has 0 N–H and O–H groups in total. The van der Waals surface area contributed by atoms with Crippen LogP contribution in [0.3, 0.4) is 0 Å². The summed E-state index contributed by atoms with van der Waals surface area (Å²) in [6, 6.07) is 14.9. The first-order chi connectivity index (χ1) is 38.0. The molecule has 8 heteroatoms. The van der Waals surface area contributed by atoms with Gasteiger partial charge in [0.15, 0.2) is 0 Å². The van der Waals surface area contributed by atoms with E-state index in [9.17, 15) is 0 Å². The van der Waals surface area contributed by atoms with Gasteiger partial charge in [0, 0.05) is 0 Å². The summed E-state index contributed by atoms with van der Waals surface area (Å²) in [5.41, 5.74) is 0.759. The molecule has 0 heterocycles. The van der Waals surface area contributed by atoms with Gasteiger partial charge >= 0.3 is 438 Å². The normalized spacial score (nSPS) is 13.4. The summed E-state index contributed by atoms with van der Waals surface area (Å²) in [6.45, 7) is 12.1. The molecule has 0 radical (unpaired) electrons. The SMILES string of the molecule is CCCCCCCCCCCCCCCCP(CCCC)(CCCC)(CCCC)OC(=O)c1ccccc1S(=O)c1ccccc1C(=O)OP(CCCC)(CCCC)(CCCC)CCCCCCCCCCCCCCCC. The van der Waals surface area contributed by atoms with Gasteiger partial charge in [-0.15, -0.1) is 0 Å². The number of hydrogen-bond acceptors (Lipinski definition) is 5. The minimum atomic E-state index is -3.06. The second-order valence-corrected chi connectivity index (χ2v) is 37.6. The van der Waals surface area contributed by atoms with Crippen LogP contribution in [-0.4, -0.2) is 65.4 Å². The zero-order chi connectivity index (χ0) is 56.9. The van der Waals surface area contributed by atoms with Crippen molar-refractivity contribution in [1.29, 1.82) is 0 Å². The van der Waals surface area contributed by atoms with Crippen molar-refractivity contribution in [3.63, 3.8) is 0 Å². The Hall–Kier alpha value is -1.61. The maximum absolute atomic E-state index is 15.4. The molecule has 2 aromatic carbocycles. The minimum absolute atomic E-state index is 0.317. The molecule has 0 atom stereocenters. The van der Waals surface area contributed by atoms with Crippen LogP contribution in [-0.2, 0) is 19.8 Å². The van der Waals surface area contributed by atoms with Crippen LogP contribution < -0.4 is 0 Å². The van der Waals surface area contributed by atoms with E-state index in [1.807, 2.05) is 48.5 Å². The molecule has 0 fully saturated rings. The van der Waals surface area contributed by atoms with Crippen molar-refractivity contribution in [3.8, 4) is 0 Å². The molecule has 0 spiro atoms. The van der Waals surface area contributed by atoms with Gasteiger partial charge in [0.05, 0.1) is 0 Å². The summed E-state index contributed by atoms with van der Waals surface area (Å²) < 4.78 is 30.2. The molecule has 0 aliphatic carbocycles. The molecule has 0 saturated carbocycles. The van der Waals surface area contributed by atoms with Gasteiger partial charge in [-0.25, -0.2) is 0 Å². The fourth-order valence-electron chi connectivity index (χ4n) is 12.7. The molecule has 0 aliphatic heterocycles. The molecule has 0 unspecified atom stereocenters. The van der Waals surface area contributed by atoms with Crippen molar-refractivity contribution in [1.82, 2.24) is 0 Å². The molecule has 0 bridgehead atoms. The van der Waals surface area contributed by atoms with E-state index in [4.69, 9.17) is 9.05 Å². The predicted molar refractivity (Wildman–Crippen MR) is 351 cm³/mol. The summed E-state index contributed by atoms with van der Waals surface area (Å²) in [7, 11) is -1.83. The Morgan fingerprint density at radius 3 is 0.718 bits per heavy atom. The van der Waals surface area contributed by atoms with E-state index >= 15 is 13.8 Å². The summed E-state index contributed by atoms with van der Waals surface area (Å²) in [6.07, 6.45) is 57.7. The van der Waals surface area contributed by atoms with E-state index in [-0.39, 0.29) is 11.9 Å². The standard InChI is InChI=1S/C70H128O5P2S/c1-9-17-25-27-29-31-33-35-37-39-41-43-45-51-63-76(57-19-11-3,58-20-12-4,59-21-13-5)74-69(71)65-53-47-49-55-67(65)78(73)68-56-50-48-54-66(68)70(72)75-77(60-22-14-6,61-23-15-7,62-24-16-8)64-52-46-44-42-40-38-36-34-32-30-28-26-18-10-2/h47-50,53-56H,9-46,51-52,57-64H2,1-8H3. The molecule has 0 amide bonds. The second-order valence-electron chi connectivity index (χ2n) is 24.8. The number of benzene rings is 2. The van der Waals surface area contributed by atoms with Gasteiger partial charge in [0.25, 0.3) is 0 Å². The van der Waals surface area contributed by atoms with E-state index < -0.39 is 24.5 Å². The number of unbranched alkanes of at least 4 members (excludes halogenated alkanes) is 32. The fraction of sp³-hybridized carbons (Fsp3) is 0.800. The smallest absolute Gasteiger partial charge is 0.0654 e. The first-order valence-electron chi connectivity index (χ1n) is 34.1. The second kappa shape index (κ2) is 44.0. The Kier molecular flexibility index (Phi) is 40.9. The molecule has 454 valence electrons. The van der Waals surface area contributed by atoms with E-state index in [0.717, 1.165) is 139 Å². The third-order valence-electron chi connectivity index (χ3n) is 17.9. The number of rotatable bonds is 54. The predicted octanol–water partition coefficient (Wildman–Crippen LogP) is 23.9. The van der Waals surface area contributed by atoms with E-state index in [1.54, 1.807) is 0 Å². The molecule has 5 nitrogen and oxygen atoms in total. The molecule has 0 saturated heterocycles. The Morgan fingerprint density at radius 1 is 0.295 bits per heavy atom. The molecule has 0 aromatic heterocycles. The summed E-state index contributed by atoms with van der Waals surface area (Å²) in [5, 5.41) is 0. The zero-order valence-electron chi connectivity index (χ0n) is 52.9. The van der Waals surface area contributed by atoms with Crippen molar-refractivity contribution >= 4 is 36.4 Å². The van der Waals surface area contributed by atoms with Crippen molar-refractivity contribution in [3.05, 3.63) is 59.7 Å². The van der Waals surface area contributed by atoms with Crippen LogP contribution in [0.1, 0.15) is 333 Å². The summed E-state index contributed by atoms with van der Waals surface area (Å²) >= 11 is 0. The molecule has 78 heavy (non-hydrogen) atoms. The van der Waals surface area contributed by atoms with Crippen LogP contribution in [0.15, 0.2) is 58.3 Å². The van der Waals surface area contributed by atoms with Gasteiger partial charge < -0.3 is 0 Å². The Balaban J connectivity index is 2.42. The molecular formula is C70H128O5P2S. The van der Waals surface area contributed by atoms with E-state index in [0.29, 0.717) is 20.9 Å². The Labute approximate surface area is 487 Å². The van der Waals surface area contributed by atoms with Crippen molar-refractivity contribution in [2.45, 2.75) is 322 Å². The van der Waals surface area contributed by atoms with Crippen molar-refractivity contribution < 1.29 is 22.8 Å². The van der Waals surface area contributed by atoms with Gasteiger partial charge in [-0.1, -0.05) is 52.4 Å². The van der Waals surface area contributed by atoms with Gasteiger partial charge in [-0.2, -0.15) is 0 Å². The van der Waals surface area contributed by atoms with Gasteiger partial charge in [-0.3, -0.25) is 0 Å². The van der Waals surface area contributed by atoms with E-state index in [1.165, 1.54) is 167 Å². The molecule has 2 aromatic rings. The number of carbonyl (C=O) groups excluding carboxylic acids is 2. The van der Waals surface area contributed by atoms with Crippen LogP contribution in [0, 0.1) is 0 Å². The third-order valence-corrected chi connectivity index (χ3v) is 32.4. The quantitative estimate of drug-likeness (QED) is 0.0488. The van der Waals surface area contributed by atoms with Gasteiger partial charge in [0.2, 0.25) is 0 Å². The van der Waals surface area contributed by atoms with Crippen molar-refractivity contribution in [2.75, 3.05) is 49.3 Å².